The van der Waals surface area contributed by atoms with Gasteiger partial charge in [0.25, 0.3) is 0 Å². The van der Waals surface area contributed by atoms with Gasteiger partial charge in [0, 0.05) is 20.2 Å². The standard InChI is InChI=1S/C11H17ClN2O3S/c1-13-8-9-3-4-10(12)11(7-9)18(15,16)14-5-6-17-2/h3-4,7,13-14H,5-6,8H2,1-2H3. The molecule has 0 unspecified atom stereocenters. The van der Waals surface area contributed by atoms with Crippen molar-refractivity contribution in [2.75, 3.05) is 27.3 Å². The Kier molecular flexibility index (Phi) is 6.04. The van der Waals surface area contributed by atoms with Crippen molar-refractivity contribution in [2.45, 2.75) is 11.4 Å². The first-order chi connectivity index (χ1) is 8.51. The summed E-state index contributed by atoms with van der Waals surface area (Å²) in [7, 11) is -0.294. The SMILES string of the molecule is CNCc1ccc(Cl)c(S(=O)(=O)NCCOC)c1. The molecule has 0 radical (unpaired) electrons. The molecule has 0 heterocycles. The van der Waals surface area contributed by atoms with Crippen LogP contribution in [-0.4, -0.2) is 35.7 Å². The lowest BCUT2D eigenvalue weighted by Crippen LogP contribution is -2.27. The molecule has 0 aliphatic heterocycles. The molecule has 0 amide bonds. The first kappa shape index (κ1) is 15.4. The molecule has 2 N–H and O–H groups in total. The van der Waals surface area contributed by atoms with Gasteiger partial charge >= 0.3 is 0 Å². The van der Waals surface area contributed by atoms with Gasteiger partial charge in [0.2, 0.25) is 10.0 Å². The average molecular weight is 293 g/mol. The van der Waals surface area contributed by atoms with Crippen molar-refractivity contribution in [1.82, 2.24) is 10.0 Å². The molecule has 102 valence electrons. The molecule has 7 heteroatoms. The molecule has 0 saturated carbocycles. The quantitative estimate of drug-likeness (QED) is 0.735. The minimum atomic E-state index is -3.59. The van der Waals surface area contributed by atoms with Gasteiger partial charge in [-0.1, -0.05) is 17.7 Å². The van der Waals surface area contributed by atoms with Crippen LogP contribution in [0.3, 0.4) is 0 Å². The second-order valence-electron chi connectivity index (χ2n) is 3.69. The van der Waals surface area contributed by atoms with E-state index in [1.807, 2.05) is 0 Å². The summed E-state index contributed by atoms with van der Waals surface area (Å²) in [5, 5.41) is 3.16. The lowest BCUT2D eigenvalue weighted by atomic mass is 10.2. The Hall–Kier alpha value is -0.660. The largest absolute Gasteiger partial charge is 0.383 e. The molecule has 0 saturated heterocycles. The number of ether oxygens (including phenoxy) is 1. The van der Waals surface area contributed by atoms with Crippen LogP contribution in [-0.2, 0) is 21.3 Å². The number of sulfonamides is 1. The summed E-state index contributed by atoms with van der Waals surface area (Å²) in [5.41, 5.74) is 0.856. The summed E-state index contributed by atoms with van der Waals surface area (Å²) in [6.07, 6.45) is 0. The Bertz CT molecular complexity index is 491. The monoisotopic (exact) mass is 292 g/mol. The third kappa shape index (κ3) is 4.22. The van der Waals surface area contributed by atoms with E-state index in [-0.39, 0.29) is 16.5 Å². The Labute approximate surface area is 113 Å². The fraction of sp³-hybridized carbons (Fsp3) is 0.455. The lowest BCUT2D eigenvalue weighted by molar-refractivity contribution is 0.204. The molecule has 0 atom stereocenters. The van der Waals surface area contributed by atoms with Gasteiger partial charge in [-0.3, -0.25) is 0 Å². The van der Waals surface area contributed by atoms with E-state index in [2.05, 4.69) is 10.0 Å². The highest BCUT2D eigenvalue weighted by molar-refractivity contribution is 7.89. The first-order valence-corrected chi connectivity index (χ1v) is 7.29. The maximum absolute atomic E-state index is 12.0. The van der Waals surface area contributed by atoms with Gasteiger partial charge in [-0.15, -0.1) is 0 Å². The zero-order valence-corrected chi connectivity index (χ0v) is 11.9. The molecular weight excluding hydrogens is 276 g/mol. The minimum Gasteiger partial charge on any atom is -0.383 e. The minimum absolute atomic E-state index is 0.0908. The van der Waals surface area contributed by atoms with Crippen LogP contribution in [0.4, 0.5) is 0 Å². The van der Waals surface area contributed by atoms with Crippen molar-refractivity contribution in [3.63, 3.8) is 0 Å². The summed E-state index contributed by atoms with van der Waals surface area (Å²) in [5.74, 6) is 0. The highest BCUT2D eigenvalue weighted by atomic mass is 35.5. The van der Waals surface area contributed by atoms with Crippen molar-refractivity contribution < 1.29 is 13.2 Å². The fourth-order valence-corrected chi connectivity index (χ4v) is 2.98. The van der Waals surface area contributed by atoms with Crippen LogP contribution in [0.25, 0.3) is 0 Å². The van der Waals surface area contributed by atoms with Gasteiger partial charge in [-0.2, -0.15) is 0 Å². The highest BCUT2D eigenvalue weighted by Gasteiger charge is 2.17. The van der Waals surface area contributed by atoms with Crippen molar-refractivity contribution >= 4 is 21.6 Å². The van der Waals surface area contributed by atoms with Gasteiger partial charge in [0.15, 0.2) is 0 Å². The second-order valence-corrected chi connectivity index (χ2v) is 5.83. The van der Waals surface area contributed by atoms with E-state index >= 15 is 0 Å². The molecule has 1 aromatic carbocycles. The van der Waals surface area contributed by atoms with Gasteiger partial charge in [-0.25, -0.2) is 13.1 Å². The number of hydrogen-bond acceptors (Lipinski definition) is 4. The molecule has 0 bridgehead atoms. The Balaban J connectivity index is 2.95. The summed E-state index contributed by atoms with van der Waals surface area (Å²) in [6, 6.07) is 4.93. The van der Waals surface area contributed by atoms with E-state index < -0.39 is 10.0 Å². The zero-order valence-electron chi connectivity index (χ0n) is 10.4. The van der Waals surface area contributed by atoms with Crippen molar-refractivity contribution in [2.24, 2.45) is 0 Å². The van der Waals surface area contributed by atoms with Gasteiger partial charge in [-0.05, 0) is 24.7 Å². The molecule has 1 aromatic rings. The van der Waals surface area contributed by atoms with Gasteiger partial charge in [0.1, 0.15) is 4.90 Å². The number of hydrogen-bond donors (Lipinski definition) is 2. The number of nitrogens with one attached hydrogen (secondary N) is 2. The second kappa shape index (κ2) is 7.06. The maximum Gasteiger partial charge on any atom is 0.242 e. The third-order valence-corrected chi connectivity index (χ3v) is 4.21. The van der Waals surface area contributed by atoms with E-state index in [4.69, 9.17) is 16.3 Å². The molecule has 1 rings (SSSR count). The Morgan fingerprint density at radius 3 is 2.72 bits per heavy atom. The van der Waals surface area contributed by atoms with E-state index in [9.17, 15) is 8.42 Å². The smallest absolute Gasteiger partial charge is 0.242 e. The number of methoxy groups -OCH3 is 1. The van der Waals surface area contributed by atoms with Crippen LogP contribution in [0.2, 0.25) is 5.02 Å². The number of benzene rings is 1. The van der Waals surface area contributed by atoms with Crippen molar-refractivity contribution in [1.29, 1.82) is 0 Å². The Morgan fingerprint density at radius 1 is 1.39 bits per heavy atom. The Morgan fingerprint density at radius 2 is 2.11 bits per heavy atom. The van der Waals surface area contributed by atoms with Crippen LogP contribution < -0.4 is 10.0 Å². The average Bonchev–Trinajstić information content (AvgIpc) is 2.32. The first-order valence-electron chi connectivity index (χ1n) is 5.43. The van der Waals surface area contributed by atoms with E-state index in [1.54, 1.807) is 25.2 Å². The number of halogens is 1. The van der Waals surface area contributed by atoms with Crippen LogP contribution in [0, 0.1) is 0 Å². The van der Waals surface area contributed by atoms with Gasteiger partial charge < -0.3 is 10.1 Å². The van der Waals surface area contributed by atoms with Crippen LogP contribution >= 0.6 is 11.6 Å². The summed E-state index contributed by atoms with van der Waals surface area (Å²) in [6.45, 7) is 1.11. The summed E-state index contributed by atoms with van der Waals surface area (Å²) < 4.78 is 31.3. The maximum atomic E-state index is 12.0. The molecule has 0 aliphatic rings. The van der Waals surface area contributed by atoms with Crippen molar-refractivity contribution in [3.8, 4) is 0 Å². The molecule has 0 fully saturated rings. The fourth-order valence-electron chi connectivity index (χ4n) is 1.42. The normalized spacial score (nSPS) is 11.7. The molecule has 0 aliphatic carbocycles. The molecule has 0 aromatic heterocycles. The summed E-state index contributed by atoms with van der Waals surface area (Å²) >= 11 is 5.92. The molecule has 0 spiro atoms. The van der Waals surface area contributed by atoms with Crippen LogP contribution in [0.1, 0.15) is 5.56 Å². The van der Waals surface area contributed by atoms with Gasteiger partial charge in [0.05, 0.1) is 11.6 Å². The molecule has 5 nitrogen and oxygen atoms in total. The van der Waals surface area contributed by atoms with Crippen molar-refractivity contribution in [3.05, 3.63) is 28.8 Å². The van der Waals surface area contributed by atoms with E-state index in [1.165, 1.54) is 7.11 Å². The van der Waals surface area contributed by atoms with E-state index in [0.29, 0.717) is 13.2 Å². The topological polar surface area (TPSA) is 67.4 Å². The van der Waals surface area contributed by atoms with Crippen LogP contribution in [0.15, 0.2) is 23.1 Å². The summed E-state index contributed by atoms with van der Waals surface area (Å²) in [4.78, 5) is 0.0908. The lowest BCUT2D eigenvalue weighted by Gasteiger charge is -2.10. The number of rotatable bonds is 7. The molecular formula is C11H17ClN2O3S. The highest BCUT2D eigenvalue weighted by Crippen LogP contribution is 2.22. The predicted octanol–water partition coefficient (Wildman–Crippen LogP) is 0.984. The van der Waals surface area contributed by atoms with Crippen LogP contribution in [0.5, 0.6) is 0 Å². The zero-order chi connectivity index (χ0) is 13.6. The predicted molar refractivity (Wildman–Crippen MR) is 71.3 cm³/mol. The molecule has 18 heavy (non-hydrogen) atoms. The third-order valence-electron chi connectivity index (χ3n) is 2.26. The van der Waals surface area contributed by atoms with E-state index in [0.717, 1.165) is 5.56 Å².